The van der Waals surface area contributed by atoms with Crippen molar-refractivity contribution in [2.24, 2.45) is 0 Å². The Morgan fingerprint density at radius 1 is 0.558 bits per heavy atom. The third-order valence-corrected chi connectivity index (χ3v) is 12.8. The van der Waals surface area contributed by atoms with Crippen LogP contribution in [0.25, 0.3) is 6.08 Å². The zero-order valence-electron chi connectivity index (χ0n) is 53.1. The predicted octanol–water partition coefficient (Wildman–Crippen LogP) is 8.99. The van der Waals surface area contributed by atoms with E-state index in [1.807, 2.05) is 0 Å². The van der Waals surface area contributed by atoms with Gasteiger partial charge in [0.15, 0.2) is 40.8 Å². The summed E-state index contributed by atoms with van der Waals surface area (Å²) in [5.74, 6) is -1.47. The Balaban J connectivity index is -0.000000527. The number of benzene rings is 3. The molecule has 0 aliphatic heterocycles. The topological polar surface area (TPSA) is 322 Å². The maximum Gasteiger partial charge on any atom is 0.412 e. The summed E-state index contributed by atoms with van der Waals surface area (Å²) in [6, 6.07) is 8.85. The monoisotopic (exact) mass is 1520 g/mol. The van der Waals surface area contributed by atoms with Gasteiger partial charge in [0, 0.05) is 72.8 Å². The molecule has 4 N–H and O–H groups in total. The van der Waals surface area contributed by atoms with Crippen LogP contribution in [0.2, 0.25) is 15.1 Å². The molecule has 3 rings (SSSR count). The summed E-state index contributed by atoms with van der Waals surface area (Å²) in [5, 5.41) is 14.8. The van der Waals surface area contributed by atoms with E-state index in [1.165, 1.54) is 63.0 Å². The van der Waals surface area contributed by atoms with Crippen LogP contribution >= 0.6 is 42.4 Å². The number of aliphatic hydroxyl groups is 1. The number of halogens is 3. The minimum absolute atomic E-state index is 0. The molecule has 86 heavy (non-hydrogen) atoms. The van der Waals surface area contributed by atoms with Gasteiger partial charge in [-0.15, -0.1) is 0 Å². The second-order valence-corrected chi connectivity index (χ2v) is 22.3. The summed E-state index contributed by atoms with van der Waals surface area (Å²) in [6.45, 7) is 15.2. The second kappa shape index (κ2) is 42.1. The number of rotatable bonds is 19. The van der Waals surface area contributed by atoms with E-state index in [0.29, 0.717) is 62.5 Å². The second-order valence-electron chi connectivity index (χ2n) is 18.9. The largest absolute Gasteiger partial charge is 0.493 e. The van der Waals surface area contributed by atoms with Crippen molar-refractivity contribution in [1.82, 2.24) is 16.0 Å². The number of aliphatic hydroxyl groups excluding tert-OH is 1. The molecule has 0 heterocycles. The molecule has 0 fully saturated rings. The summed E-state index contributed by atoms with van der Waals surface area (Å²) in [6.07, 6.45) is -0.312. The molecule has 0 saturated heterocycles. The van der Waals surface area contributed by atoms with Crippen LogP contribution in [0.4, 0.5) is 14.4 Å². The van der Waals surface area contributed by atoms with Crippen molar-refractivity contribution in [3.05, 3.63) is 73.9 Å². The third-order valence-electron chi connectivity index (χ3n) is 9.57. The maximum absolute atomic E-state index is 12.1. The number of hydrogen-bond acceptors (Lipinski definition) is 23. The molecule has 32 heteroatoms. The summed E-state index contributed by atoms with van der Waals surface area (Å²) in [5.41, 5.74) is -0.904. The number of carbonyl (C=O) groups excluding carboxylic acids is 7. The molecule has 3 aromatic carbocycles. The first-order valence-corrected chi connectivity index (χ1v) is 27.1. The Hall–Kier alpha value is -5.81. The predicted molar refractivity (Wildman–Crippen MR) is 319 cm³/mol. The number of amides is 3. The Labute approximate surface area is 544 Å². The molecule has 3 aromatic rings. The average molecular weight is 1530 g/mol. The van der Waals surface area contributed by atoms with Gasteiger partial charge in [-0.3, -0.25) is 20.0 Å². The normalized spacial score (nSPS) is 11.5. The number of nitrogens with one attached hydrogen (secondary N) is 3. The molecule has 2 atom stereocenters. The molecule has 482 valence electrons. The fourth-order valence-electron chi connectivity index (χ4n) is 6.01. The molecule has 2 unspecified atom stereocenters. The van der Waals surface area contributed by atoms with E-state index >= 15 is 0 Å². The van der Waals surface area contributed by atoms with Gasteiger partial charge in [0.05, 0.1) is 79.1 Å². The van der Waals surface area contributed by atoms with E-state index in [9.17, 15) is 38.1 Å². The first-order chi connectivity index (χ1) is 40.1. The van der Waals surface area contributed by atoms with Crippen LogP contribution in [-0.4, -0.2) is 171 Å². The van der Waals surface area contributed by atoms with Gasteiger partial charge in [0.25, 0.3) is 0 Å². The van der Waals surface area contributed by atoms with Crippen molar-refractivity contribution in [3.8, 4) is 34.5 Å². The first kappa shape index (κ1) is 84.4. The third kappa shape index (κ3) is 30.2. The zero-order chi connectivity index (χ0) is 67.5. The zero-order valence-corrected chi connectivity index (χ0v) is 59.4. The molecule has 0 saturated carbocycles. The molecular formula is C54H80BCl3N3O23PU. The van der Waals surface area contributed by atoms with E-state index in [0.717, 1.165) is 28.4 Å². The van der Waals surface area contributed by atoms with E-state index in [-0.39, 0.29) is 53.3 Å². The van der Waals surface area contributed by atoms with E-state index < -0.39 is 72.4 Å². The number of carbonyl (C=O) groups is 7. The fourth-order valence-corrected chi connectivity index (χ4v) is 8.09. The molecular weight excluding hydrogens is 1440 g/mol. The van der Waals surface area contributed by atoms with Gasteiger partial charge in [-0.1, -0.05) is 40.9 Å². The maximum atomic E-state index is 12.1. The molecule has 0 aliphatic rings. The first-order valence-electron chi connectivity index (χ1n) is 24.9. The van der Waals surface area contributed by atoms with Gasteiger partial charge in [-0.2, -0.15) is 0 Å². The smallest absolute Gasteiger partial charge is 0.412 e. The van der Waals surface area contributed by atoms with Crippen molar-refractivity contribution in [2.45, 2.75) is 97.4 Å². The molecule has 0 spiro atoms. The van der Waals surface area contributed by atoms with Crippen molar-refractivity contribution in [1.29, 1.82) is 1.34 Å². The van der Waals surface area contributed by atoms with Crippen LogP contribution in [0.3, 0.4) is 0 Å². The summed E-state index contributed by atoms with van der Waals surface area (Å²) < 4.78 is 86.6. The average Bonchev–Trinajstić information content (AvgIpc) is 3.04. The van der Waals surface area contributed by atoms with Gasteiger partial charge in [-0.05, 0) is 111 Å². The van der Waals surface area contributed by atoms with Crippen LogP contribution < -0.4 is 44.4 Å². The quantitative estimate of drug-likeness (QED) is 0.0217. The van der Waals surface area contributed by atoms with Gasteiger partial charge < -0.3 is 76.3 Å². The Morgan fingerprint density at radius 3 is 1.29 bits per heavy atom. The summed E-state index contributed by atoms with van der Waals surface area (Å²) in [4.78, 5) is 81.5. The van der Waals surface area contributed by atoms with Crippen LogP contribution in [0.15, 0.2) is 42.1 Å². The Kier molecular flexibility index (Phi) is 41.3. The Bertz CT molecular complexity index is 2740. The molecule has 0 aromatic heterocycles. The van der Waals surface area contributed by atoms with Crippen LogP contribution in [0, 0.1) is 31.1 Å². The Morgan fingerprint density at radius 2 is 0.930 bits per heavy atom. The molecule has 2 radical (unpaired) electrons. The molecule has 26 nitrogen and oxygen atoms in total. The van der Waals surface area contributed by atoms with Crippen molar-refractivity contribution in [3.63, 3.8) is 0 Å². The van der Waals surface area contributed by atoms with Gasteiger partial charge >= 0.3 is 43.8 Å². The SMILES string of the molecule is CO.COC(=O)/C(=C\c1ccc(OC)c(OC)c1Cl)NC(=O)OC(C)(C)C.COC(=O)C(Cc1ccc(OC)c(OC)c1Cl)NC(=O)OC(C)(C)C.COC(=O)C(NC(=O)OC(C)(C)C)P(=O)(OC)OC.COc1ccc(C=O)c(Cl)c1OC.[2H][B].[U]. The van der Waals surface area contributed by atoms with Crippen LogP contribution in [0.1, 0.15) is 83.8 Å². The molecule has 0 bridgehead atoms. The van der Waals surface area contributed by atoms with Crippen molar-refractivity contribution < 1.29 is 140 Å². The minimum Gasteiger partial charge on any atom is -0.493 e. The summed E-state index contributed by atoms with van der Waals surface area (Å²) in [7, 11) is 15.4. The molecule has 0 aliphatic carbocycles. The van der Waals surface area contributed by atoms with Crippen LogP contribution in [0.5, 0.6) is 34.5 Å². The molecule has 3 amide bonds. The number of alkyl carbamates (subject to hydrolysis) is 3. The summed E-state index contributed by atoms with van der Waals surface area (Å²) >= 11 is 18.5. The number of aldehydes is 1. The van der Waals surface area contributed by atoms with E-state index in [1.54, 1.807) is 98.7 Å². The number of esters is 3. The fraction of sp³-hybridized carbons (Fsp3) is 0.500. The van der Waals surface area contributed by atoms with Crippen LogP contribution in [-0.2, 0) is 62.8 Å². The number of methoxy groups -OCH3 is 9. The van der Waals surface area contributed by atoms with Gasteiger partial charge in [-0.25, -0.2) is 28.8 Å². The standard InChI is InChI=1S/C17H24ClNO6.C17H22ClNO6.C10H20NO7P.C9H9ClO3.CH4O.BH.U/c2*1-17(2,3)25-16(21)19-11(15(20)24-6)9-10-7-8-12(22-4)14(23-5)13(10)18;1-10(2,3)18-9(13)11-7(8(12)15-4)19(14,16-5)17-6;1-12-7-4-3-6(5-11)8(10)9(7)13-2;1-2;;/h7-8,11H,9H2,1-6H3,(H,19,21);7-9H,1-6H3,(H,19,21);7H,1-6H3,(H,11,13);3-5H,1-2H3;2H,1H3;1H;/b;11-9+;;;;;/i;;;;;1D;. The van der Waals surface area contributed by atoms with Gasteiger partial charge in [0.1, 0.15) is 28.5 Å². The van der Waals surface area contributed by atoms with E-state index in [4.69, 9.17) is 88.6 Å². The van der Waals surface area contributed by atoms with Crippen molar-refractivity contribution >= 4 is 99.3 Å². The number of ether oxygens (including phenoxy) is 12. The van der Waals surface area contributed by atoms with Crippen molar-refractivity contribution in [2.75, 3.05) is 85.3 Å². The van der Waals surface area contributed by atoms with E-state index in [2.05, 4.69) is 42.8 Å². The minimum atomic E-state index is -3.87. The number of hydrogen-bond donors (Lipinski definition) is 4. The van der Waals surface area contributed by atoms with Gasteiger partial charge in [0.2, 0.25) is 5.78 Å².